The molecule has 3 N–H and O–H groups in total. The van der Waals surface area contributed by atoms with Crippen LogP contribution in [0.25, 0.3) is 0 Å². The van der Waals surface area contributed by atoms with E-state index in [0.717, 1.165) is 12.1 Å². The number of urea groups is 1. The molecular formula is C32H37F3N4O5. The van der Waals surface area contributed by atoms with Crippen LogP contribution in [-0.4, -0.2) is 72.8 Å². The first-order valence-electron chi connectivity index (χ1n) is 14.2. The maximum atomic E-state index is 13.7. The van der Waals surface area contributed by atoms with Crippen molar-refractivity contribution in [3.63, 3.8) is 0 Å². The lowest BCUT2D eigenvalue weighted by Gasteiger charge is -2.38. The average Bonchev–Trinajstić information content (AvgIpc) is 2.99. The van der Waals surface area contributed by atoms with E-state index in [1.54, 1.807) is 61.4 Å². The van der Waals surface area contributed by atoms with Gasteiger partial charge in [0.2, 0.25) is 0 Å². The van der Waals surface area contributed by atoms with Crippen LogP contribution in [0.2, 0.25) is 0 Å². The Morgan fingerprint density at radius 1 is 1.09 bits per heavy atom. The number of hydrogen-bond acceptors (Lipinski definition) is 6. The fraction of sp³-hybridized carbons (Fsp3) is 0.375. The lowest BCUT2D eigenvalue weighted by Crippen LogP contribution is -2.49. The largest absolute Gasteiger partial charge is 0.497 e. The molecule has 4 rings (SSSR count). The zero-order chi connectivity index (χ0) is 32.0. The highest BCUT2D eigenvalue weighted by Crippen LogP contribution is 2.32. The Labute approximate surface area is 254 Å². The van der Waals surface area contributed by atoms with Crippen LogP contribution in [0.5, 0.6) is 11.5 Å². The maximum absolute atomic E-state index is 13.7. The number of amides is 3. The Kier molecular flexibility index (Phi) is 10.4. The molecule has 3 amide bonds. The van der Waals surface area contributed by atoms with Crippen molar-refractivity contribution in [1.29, 1.82) is 0 Å². The molecule has 0 aromatic heterocycles. The summed E-state index contributed by atoms with van der Waals surface area (Å²) < 4.78 is 50.4. The summed E-state index contributed by atoms with van der Waals surface area (Å²) in [5, 5.41) is 15.4. The molecular weight excluding hydrogens is 577 g/mol. The zero-order valence-corrected chi connectivity index (χ0v) is 25.0. The number of anilines is 2. The molecule has 0 aliphatic carbocycles. The van der Waals surface area contributed by atoms with Gasteiger partial charge < -0.3 is 30.1 Å². The lowest BCUT2D eigenvalue weighted by atomic mass is 9.99. The van der Waals surface area contributed by atoms with Crippen LogP contribution < -0.4 is 20.1 Å². The topological polar surface area (TPSA) is 103 Å². The molecule has 1 heterocycles. The SMILES string of the molecule is COc1ccc(NC(=O)Nc2ccc3c(c2)C(=O)N([C@@H](C)CO)C[C@@H](C)[C@H](CN(C)Cc2ccc(C(F)(F)F)cc2)O3)cc1. The molecule has 0 radical (unpaired) electrons. The van der Waals surface area contributed by atoms with Crippen LogP contribution in [0.1, 0.15) is 35.3 Å². The van der Waals surface area contributed by atoms with E-state index in [1.165, 1.54) is 12.1 Å². The molecule has 9 nitrogen and oxygen atoms in total. The number of ether oxygens (including phenoxy) is 2. The summed E-state index contributed by atoms with van der Waals surface area (Å²) >= 11 is 0. The molecule has 0 unspecified atom stereocenters. The van der Waals surface area contributed by atoms with E-state index in [2.05, 4.69) is 10.6 Å². The monoisotopic (exact) mass is 614 g/mol. The number of aliphatic hydroxyl groups excluding tert-OH is 1. The van der Waals surface area contributed by atoms with Gasteiger partial charge in [0.05, 0.1) is 30.9 Å². The van der Waals surface area contributed by atoms with Crippen LogP contribution in [0.15, 0.2) is 66.7 Å². The first-order valence-corrected chi connectivity index (χ1v) is 14.2. The highest BCUT2D eigenvalue weighted by molar-refractivity contribution is 6.02. The third-order valence-corrected chi connectivity index (χ3v) is 7.50. The summed E-state index contributed by atoms with van der Waals surface area (Å²) in [4.78, 5) is 29.9. The number of nitrogens with one attached hydrogen (secondary N) is 2. The Balaban J connectivity index is 1.52. The predicted molar refractivity (Wildman–Crippen MR) is 161 cm³/mol. The number of rotatable bonds is 9. The van der Waals surface area contributed by atoms with Gasteiger partial charge in [0.15, 0.2) is 0 Å². The van der Waals surface area contributed by atoms with Gasteiger partial charge in [-0.05, 0) is 74.1 Å². The van der Waals surface area contributed by atoms with Crippen LogP contribution >= 0.6 is 0 Å². The second kappa shape index (κ2) is 14.0. The fourth-order valence-corrected chi connectivity index (χ4v) is 4.97. The number of carbonyl (C=O) groups is 2. The fourth-order valence-electron chi connectivity index (χ4n) is 4.97. The molecule has 0 spiro atoms. The number of methoxy groups -OCH3 is 1. The average molecular weight is 615 g/mol. The third kappa shape index (κ3) is 8.20. The van der Waals surface area contributed by atoms with Crippen molar-refractivity contribution in [3.05, 3.63) is 83.4 Å². The zero-order valence-electron chi connectivity index (χ0n) is 25.0. The van der Waals surface area contributed by atoms with Crippen molar-refractivity contribution in [2.75, 3.05) is 44.5 Å². The third-order valence-electron chi connectivity index (χ3n) is 7.50. The highest BCUT2D eigenvalue weighted by Gasteiger charge is 2.34. The maximum Gasteiger partial charge on any atom is 0.416 e. The molecule has 12 heteroatoms. The Hall–Kier alpha value is -4.29. The second-order valence-electron chi connectivity index (χ2n) is 11.0. The van der Waals surface area contributed by atoms with Crippen LogP contribution in [0.4, 0.5) is 29.3 Å². The summed E-state index contributed by atoms with van der Waals surface area (Å²) in [6.07, 6.45) is -4.79. The number of benzene rings is 3. The summed E-state index contributed by atoms with van der Waals surface area (Å²) in [5.41, 5.74) is 1.16. The molecule has 1 aliphatic rings. The molecule has 0 bridgehead atoms. The smallest absolute Gasteiger partial charge is 0.416 e. The minimum Gasteiger partial charge on any atom is -0.497 e. The van der Waals surface area contributed by atoms with Crippen LogP contribution in [0.3, 0.4) is 0 Å². The highest BCUT2D eigenvalue weighted by atomic mass is 19.4. The van der Waals surface area contributed by atoms with Gasteiger partial charge in [-0.2, -0.15) is 13.2 Å². The van der Waals surface area contributed by atoms with Gasteiger partial charge in [-0.3, -0.25) is 9.69 Å². The van der Waals surface area contributed by atoms with Gasteiger partial charge in [0.1, 0.15) is 17.6 Å². The number of carbonyl (C=O) groups excluding carboxylic acids is 2. The van der Waals surface area contributed by atoms with E-state index in [4.69, 9.17) is 9.47 Å². The summed E-state index contributed by atoms with van der Waals surface area (Å²) in [6.45, 7) is 4.57. The molecule has 0 saturated carbocycles. The van der Waals surface area contributed by atoms with Crippen molar-refractivity contribution < 1.29 is 37.3 Å². The van der Waals surface area contributed by atoms with Crippen LogP contribution in [0, 0.1) is 5.92 Å². The minimum atomic E-state index is -4.40. The summed E-state index contributed by atoms with van der Waals surface area (Å²) in [6, 6.07) is 15.7. The van der Waals surface area contributed by atoms with Gasteiger partial charge in [-0.15, -0.1) is 0 Å². The van der Waals surface area contributed by atoms with E-state index in [1.807, 2.05) is 18.9 Å². The number of halogens is 3. The number of hydrogen-bond donors (Lipinski definition) is 3. The Morgan fingerprint density at radius 2 is 1.73 bits per heavy atom. The predicted octanol–water partition coefficient (Wildman–Crippen LogP) is 5.71. The number of nitrogens with zero attached hydrogens (tertiary/aromatic N) is 2. The van der Waals surface area contributed by atoms with E-state index in [-0.39, 0.29) is 24.0 Å². The molecule has 0 fully saturated rings. The molecule has 3 aromatic rings. The number of fused-ring (bicyclic) bond motifs is 1. The normalized spacial score (nSPS) is 17.7. The van der Waals surface area contributed by atoms with Crippen molar-refractivity contribution >= 4 is 23.3 Å². The molecule has 0 saturated heterocycles. The molecule has 3 atom stereocenters. The van der Waals surface area contributed by atoms with E-state index >= 15 is 0 Å². The van der Waals surface area contributed by atoms with E-state index < -0.39 is 29.9 Å². The second-order valence-corrected chi connectivity index (χ2v) is 11.0. The van der Waals surface area contributed by atoms with Crippen LogP contribution in [-0.2, 0) is 12.7 Å². The summed E-state index contributed by atoms with van der Waals surface area (Å²) in [5.74, 6) is 0.482. The van der Waals surface area contributed by atoms with Crippen molar-refractivity contribution in [1.82, 2.24) is 9.80 Å². The Bertz CT molecular complexity index is 1430. The quantitative estimate of drug-likeness (QED) is 0.285. The first-order chi connectivity index (χ1) is 20.9. The standard InChI is InChI=1S/C32H37F3N4O5/c1-20-16-39(21(2)19-40)30(41)27-15-25(37-31(42)36-24-9-12-26(43-4)13-10-24)11-14-28(27)44-29(20)18-38(3)17-22-5-7-23(8-6-22)32(33,34)35/h5-15,20-21,29,40H,16-19H2,1-4H3,(H2,36,37,42)/t20-,21+,29+/m1/s1. The number of likely N-dealkylation sites (N-methyl/N-ethyl adjacent to an activating group) is 1. The lowest BCUT2D eigenvalue weighted by molar-refractivity contribution is -0.137. The molecule has 236 valence electrons. The van der Waals surface area contributed by atoms with Crippen molar-refractivity contribution in [2.45, 2.75) is 38.7 Å². The summed E-state index contributed by atoms with van der Waals surface area (Å²) in [7, 11) is 3.40. The number of alkyl halides is 3. The van der Waals surface area contributed by atoms with Crippen molar-refractivity contribution in [2.24, 2.45) is 5.92 Å². The molecule has 1 aliphatic heterocycles. The van der Waals surface area contributed by atoms with E-state index in [9.17, 15) is 27.9 Å². The van der Waals surface area contributed by atoms with Gasteiger partial charge >= 0.3 is 12.2 Å². The molecule has 3 aromatic carbocycles. The van der Waals surface area contributed by atoms with Crippen molar-refractivity contribution in [3.8, 4) is 11.5 Å². The first kappa shape index (κ1) is 32.6. The number of aliphatic hydroxyl groups is 1. The van der Waals surface area contributed by atoms with E-state index in [0.29, 0.717) is 48.1 Å². The minimum absolute atomic E-state index is 0.149. The van der Waals surface area contributed by atoms with Gasteiger partial charge in [0.25, 0.3) is 5.91 Å². The van der Waals surface area contributed by atoms with Gasteiger partial charge in [0, 0.05) is 36.9 Å². The molecule has 44 heavy (non-hydrogen) atoms. The Morgan fingerprint density at radius 3 is 2.34 bits per heavy atom. The van der Waals surface area contributed by atoms with Gasteiger partial charge in [-0.1, -0.05) is 19.1 Å². The van der Waals surface area contributed by atoms with Gasteiger partial charge in [-0.25, -0.2) is 4.79 Å².